The Bertz CT molecular complexity index is 303. The first-order chi connectivity index (χ1) is 6.26. The molecule has 0 aromatic heterocycles. The summed E-state index contributed by atoms with van der Waals surface area (Å²) in [6, 6.07) is 7.52. The first kappa shape index (κ1) is 9.99. The molecule has 0 saturated carbocycles. The topological polar surface area (TPSA) is 26.3 Å². The second kappa shape index (κ2) is 4.82. The summed E-state index contributed by atoms with van der Waals surface area (Å²) >= 11 is 0. The Morgan fingerprint density at radius 1 is 1.46 bits per heavy atom. The van der Waals surface area contributed by atoms with Gasteiger partial charge >= 0.3 is 0 Å². The summed E-state index contributed by atoms with van der Waals surface area (Å²) < 4.78 is 16.1. The molecule has 70 valence electrons. The fourth-order valence-electron chi connectivity index (χ4n) is 0.945. The van der Waals surface area contributed by atoms with Crippen LogP contribution in [0.25, 0.3) is 0 Å². The number of benzene rings is 1. The lowest BCUT2D eigenvalue weighted by molar-refractivity contribution is 0.414. The fraction of sp³-hybridized carbons (Fsp3) is 0.200. The van der Waals surface area contributed by atoms with Crippen molar-refractivity contribution in [2.45, 2.75) is 5.75 Å². The molecule has 1 atom stereocenters. The van der Waals surface area contributed by atoms with E-state index in [1.807, 2.05) is 24.3 Å². The molecule has 2 nitrogen and oxygen atoms in total. The summed E-state index contributed by atoms with van der Waals surface area (Å²) in [6.45, 7) is 3.47. The maximum absolute atomic E-state index is 11.1. The van der Waals surface area contributed by atoms with Crippen LogP contribution in [0.1, 0.15) is 5.56 Å². The van der Waals surface area contributed by atoms with E-state index in [1.165, 1.54) is 5.41 Å². The number of ether oxygens (including phenoxy) is 1. The second-order valence-electron chi connectivity index (χ2n) is 2.54. The molecule has 1 rings (SSSR count). The van der Waals surface area contributed by atoms with E-state index >= 15 is 0 Å². The summed E-state index contributed by atoms with van der Waals surface area (Å²) in [4.78, 5) is 0. The van der Waals surface area contributed by atoms with Crippen molar-refractivity contribution < 1.29 is 8.95 Å². The summed E-state index contributed by atoms with van der Waals surface area (Å²) in [7, 11) is 0.658. The van der Waals surface area contributed by atoms with E-state index in [0.717, 1.165) is 11.3 Å². The Morgan fingerprint density at radius 2 is 2.08 bits per heavy atom. The highest BCUT2D eigenvalue weighted by molar-refractivity contribution is 7.87. The minimum absolute atomic E-state index is 0.521. The predicted molar refractivity (Wildman–Crippen MR) is 55.0 cm³/mol. The minimum Gasteiger partial charge on any atom is -0.497 e. The van der Waals surface area contributed by atoms with Crippen LogP contribution in [0.15, 0.2) is 36.3 Å². The van der Waals surface area contributed by atoms with Gasteiger partial charge in [0.25, 0.3) is 0 Å². The Labute approximate surface area is 80.7 Å². The van der Waals surface area contributed by atoms with Crippen LogP contribution in [0.4, 0.5) is 0 Å². The van der Waals surface area contributed by atoms with Gasteiger partial charge in [-0.2, -0.15) is 0 Å². The maximum atomic E-state index is 11.1. The van der Waals surface area contributed by atoms with E-state index in [4.69, 9.17) is 4.74 Å². The molecular weight excluding hydrogens is 184 g/mol. The first-order valence-corrected chi connectivity index (χ1v) is 5.27. The van der Waals surface area contributed by atoms with E-state index in [2.05, 4.69) is 6.58 Å². The van der Waals surface area contributed by atoms with Crippen molar-refractivity contribution in [1.82, 2.24) is 0 Å². The lowest BCUT2D eigenvalue weighted by atomic mass is 10.2. The first-order valence-electron chi connectivity index (χ1n) is 3.89. The number of methoxy groups -OCH3 is 1. The molecule has 1 unspecified atom stereocenters. The van der Waals surface area contributed by atoms with Gasteiger partial charge in [-0.1, -0.05) is 18.7 Å². The molecular formula is C10H12O2S. The zero-order valence-electron chi connectivity index (χ0n) is 7.53. The molecule has 0 heterocycles. The van der Waals surface area contributed by atoms with Crippen LogP contribution < -0.4 is 4.74 Å². The zero-order chi connectivity index (χ0) is 9.68. The van der Waals surface area contributed by atoms with Crippen LogP contribution in [0, 0.1) is 0 Å². The normalized spacial score (nSPS) is 12.1. The molecule has 0 aliphatic heterocycles. The fourth-order valence-corrected chi connectivity index (χ4v) is 1.58. The lowest BCUT2D eigenvalue weighted by Gasteiger charge is -2.01. The van der Waals surface area contributed by atoms with E-state index < -0.39 is 10.8 Å². The summed E-state index contributed by atoms with van der Waals surface area (Å²) in [5.41, 5.74) is 1.03. The van der Waals surface area contributed by atoms with Gasteiger partial charge in [-0.15, -0.1) is 0 Å². The molecule has 0 fully saturated rings. The highest BCUT2D eigenvalue weighted by Crippen LogP contribution is 2.12. The Kier molecular flexibility index (Phi) is 3.71. The van der Waals surface area contributed by atoms with Crippen molar-refractivity contribution in [1.29, 1.82) is 0 Å². The molecule has 0 saturated heterocycles. The molecule has 0 bridgehead atoms. The lowest BCUT2D eigenvalue weighted by Crippen LogP contribution is -1.91. The molecule has 1 aromatic carbocycles. The Hall–Kier alpha value is -1.09. The number of hydrogen-bond donors (Lipinski definition) is 0. The van der Waals surface area contributed by atoms with Crippen LogP contribution >= 0.6 is 0 Å². The van der Waals surface area contributed by atoms with E-state index in [-0.39, 0.29) is 0 Å². The van der Waals surface area contributed by atoms with Crippen molar-refractivity contribution in [3.05, 3.63) is 41.8 Å². The smallest absolute Gasteiger partial charge is 0.118 e. The second-order valence-corrected chi connectivity index (χ2v) is 3.92. The summed E-state index contributed by atoms with van der Waals surface area (Å²) in [6.07, 6.45) is 0. The van der Waals surface area contributed by atoms with Crippen molar-refractivity contribution in [2.75, 3.05) is 7.11 Å². The van der Waals surface area contributed by atoms with Crippen molar-refractivity contribution >= 4 is 10.8 Å². The largest absolute Gasteiger partial charge is 0.497 e. The summed E-state index contributed by atoms with van der Waals surface area (Å²) in [5, 5.41) is 1.45. The standard InChI is InChI=1S/C10H12O2S/c1-3-13(11)8-9-4-6-10(12-2)7-5-9/h3-7H,1,8H2,2H3. The van der Waals surface area contributed by atoms with Gasteiger partial charge in [-0.05, 0) is 23.1 Å². The van der Waals surface area contributed by atoms with Gasteiger partial charge < -0.3 is 4.74 Å². The van der Waals surface area contributed by atoms with Crippen LogP contribution in [0.3, 0.4) is 0 Å². The highest BCUT2D eigenvalue weighted by Gasteiger charge is 1.97. The third-order valence-corrected chi connectivity index (χ3v) is 2.64. The average molecular weight is 196 g/mol. The van der Waals surface area contributed by atoms with Crippen LogP contribution in [0.5, 0.6) is 5.75 Å². The van der Waals surface area contributed by atoms with Crippen LogP contribution in [-0.2, 0) is 16.6 Å². The van der Waals surface area contributed by atoms with E-state index in [1.54, 1.807) is 7.11 Å². The third kappa shape index (κ3) is 3.03. The average Bonchev–Trinajstić information content (AvgIpc) is 2.19. The molecule has 0 N–H and O–H groups in total. The van der Waals surface area contributed by atoms with Gasteiger partial charge in [-0.3, -0.25) is 4.21 Å². The molecule has 0 spiro atoms. The predicted octanol–water partition coefficient (Wildman–Crippen LogP) is 2.09. The molecule has 0 amide bonds. The third-order valence-electron chi connectivity index (χ3n) is 1.65. The van der Waals surface area contributed by atoms with Crippen molar-refractivity contribution in [2.24, 2.45) is 0 Å². The maximum Gasteiger partial charge on any atom is 0.118 e. The van der Waals surface area contributed by atoms with E-state index in [9.17, 15) is 4.21 Å². The van der Waals surface area contributed by atoms with Gasteiger partial charge in [0.15, 0.2) is 0 Å². The SMILES string of the molecule is C=CS(=O)Cc1ccc(OC)cc1. The van der Waals surface area contributed by atoms with Gasteiger partial charge in [0.1, 0.15) is 5.75 Å². The number of hydrogen-bond acceptors (Lipinski definition) is 2. The molecule has 13 heavy (non-hydrogen) atoms. The van der Waals surface area contributed by atoms with Gasteiger partial charge in [0.05, 0.1) is 12.9 Å². The summed E-state index contributed by atoms with van der Waals surface area (Å²) in [5.74, 6) is 1.33. The van der Waals surface area contributed by atoms with Gasteiger partial charge in [0, 0.05) is 10.8 Å². The zero-order valence-corrected chi connectivity index (χ0v) is 8.34. The van der Waals surface area contributed by atoms with Crippen molar-refractivity contribution in [3.8, 4) is 5.75 Å². The minimum atomic E-state index is -0.963. The van der Waals surface area contributed by atoms with E-state index in [0.29, 0.717) is 5.75 Å². The quantitative estimate of drug-likeness (QED) is 0.737. The van der Waals surface area contributed by atoms with Crippen LogP contribution in [-0.4, -0.2) is 11.3 Å². The molecule has 0 aliphatic carbocycles. The molecule has 1 aromatic rings. The van der Waals surface area contributed by atoms with Gasteiger partial charge in [0.2, 0.25) is 0 Å². The Morgan fingerprint density at radius 3 is 2.54 bits per heavy atom. The molecule has 3 heteroatoms. The van der Waals surface area contributed by atoms with Crippen LogP contribution in [0.2, 0.25) is 0 Å². The Balaban J connectivity index is 2.69. The van der Waals surface area contributed by atoms with Gasteiger partial charge in [-0.25, -0.2) is 0 Å². The number of rotatable bonds is 4. The monoisotopic (exact) mass is 196 g/mol. The van der Waals surface area contributed by atoms with Crippen molar-refractivity contribution in [3.63, 3.8) is 0 Å². The molecule has 0 radical (unpaired) electrons. The molecule has 0 aliphatic rings. The highest BCUT2D eigenvalue weighted by atomic mass is 32.2.